The van der Waals surface area contributed by atoms with Crippen LogP contribution in [-0.2, 0) is 0 Å². The third-order valence-corrected chi connectivity index (χ3v) is 4.22. The number of carbonyl (C=O) groups excluding carboxylic acids is 1. The lowest BCUT2D eigenvalue weighted by atomic mass is 10.1. The molecule has 7 heteroatoms. The average Bonchev–Trinajstić information content (AvgIpc) is 2.48. The summed E-state index contributed by atoms with van der Waals surface area (Å²) < 4.78 is 5.50. The van der Waals surface area contributed by atoms with Gasteiger partial charge in [0.15, 0.2) is 6.73 Å². The Bertz CT molecular complexity index is 712. The molecule has 0 heterocycles. The monoisotopic (exact) mass is 372 g/mol. The number of halogens is 3. The quantitative estimate of drug-likeness (QED) is 0.703. The number of hydrogen-bond donors (Lipinski definition) is 2. The molecular weight excluding hydrogens is 359 g/mol. The topological polar surface area (TPSA) is 50.4 Å². The summed E-state index contributed by atoms with van der Waals surface area (Å²) in [6, 6.07) is 7.98. The van der Waals surface area contributed by atoms with Crippen LogP contribution >= 0.6 is 34.8 Å². The number of aryl methyl sites for hydroxylation is 2. The van der Waals surface area contributed by atoms with E-state index in [0.717, 1.165) is 11.1 Å². The Balaban J connectivity index is 1.89. The number of anilines is 1. The van der Waals surface area contributed by atoms with Crippen LogP contribution in [-0.4, -0.2) is 12.8 Å². The molecule has 122 valence electrons. The van der Waals surface area contributed by atoms with Gasteiger partial charge in [0.25, 0.3) is 0 Å². The number of carbonyl (C=O) groups is 1. The summed E-state index contributed by atoms with van der Waals surface area (Å²) in [6.07, 6.45) is 0. The van der Waals surface area contributed by atoms with Crippen LogP contribution < -0.4 is 15.4 Å². The Morgan fingerprint density at radius 3 is 2.39 bits per heavy atom. The number of urea groups is 1. The fourth-order valence-electron chi connectivity index (χ4n) is 1.93. The molecule has 4 nitrogen and oxygen atoms in total. The molecule has 0 radical (unpaired) electrons. The predicted octanol–water partition coefficient (Wildman–Crippen LogP) is 5.42. The van der Waals surface area contributed by atoms with Crippen molar-refractivity contribution in [3.8, 4) is 5.75 Å². The van der Waals surface area contributed by atoms with Crippen molar-refractivity contribution < 1.29 is 9.53 Å². The molecule has 2 aromatic carbocycles. The highest BCUT2D eigenvalue weighted by atomic mass is 35.5. The fraction of sp³-hybridized carbons (Fsp3) is 0.188. The third kappa shape index (κ3) is 4.93. The Kier molecular flexibility index (Phi) is 5.99. The molecular formula is C16H15Cl3N2O2. The van der Waals surface area contributed by atoms with Gasteiger partial charge in [-0.2, -0.15) is 0 Å². The minimum absolute atomic E-state index is 0.00449. The van der Waals surface area contributed by atoms with E-state index >= 15 is 0 Å². The van der Waals surface area contributed by atoms with Crippen molar-refractivity contribution in [1.29, 1.82) is 0 Å². The molecule has 0 aromatic heterocycles. The van der Waals surface area contributed by atoms with E-state index < -0.39 is 6.03 Å². The molecule has 0 atom stereocenters. The molecule has 0 aliphatic heterocycles. The normalized spacial score (nSPS) is 10.3. The zero-order valence-corrected chi connectivity index (χ0v) is 14.8. The molecule has 0 unspecified atom stereocenters. The predicted molar refractivity (Wildman–Crippen MR) is 95.0 cm³/mol. The van der Waals surface area contributed by atoms with E-state index in [1.807, 2.05) is 26.0 Å². The summed E-state index contributed by atoms with van der Waals surface area (Å²) >= 11 is 17.9. The summed E-state index contributed by atoms with van der Waals surface area (Å²) in [7, 11) is 0. The number of rotatable bonds is 4. The molecule has 2 N–H and O–H groups in total. The van der Waals surface area contributed by atoms with Gasteiger partial charge in [-0.1, -0.05) is 34.8 Å². The Labute approximate surface area is 149 Å². The van der Waals surface area contributed by atoms with Gasteiger partial charge in [0.1, 0.15) is 5.75 Å². The molecule has 2 amide bonds. The first kappa shape index (κ1) is 17.7. The maximum absolute atomic E-state index is 11.8. The highest BCUT2D eigenvalue weighted by Crippen LogP contribution is 2.26. The van der Waals surface area contributed by atoms with E-state index in [-0.39, 0.29) is 6.73 Å². The molecule has 23 heavy (non-hydrogen) atoms. The zero-order chi connectivity index (χ0) is 17.0. The van der Waals surface area contributed by atoms with Crippen LogP contribution in [0.5, 0.6) is 5.75 Å². The molecule has 2 rings (SSSR count). The van der Waals surface area contributed by atoms with Crippen molar-refractivity contribution in [3.63, 3.8) is 0 Å². The minimum atomic E-state index is -0.448. The lowest BCUT2D eigenvalue weighted by Crippen LogP contribution is -2.32. The van der Waals surface area contributed by atoms with Gasteiger partial charge in [0.2, 0.25) is 0 Å². The summed E-state index contributed by atoms with van der Waals surface area (Å²) in [5.41, 5.74) is 2.25. The first-order valence-electron chi connectivity index (χ1n) is 6.76. The first-order valence-corrected chi connectivity index (χ1v) is 7.89. The van der Waals surface area contributed by atoms with Gasteiger partial charge in [0.05, 0.1) is 10.7 Å². The standard InChI is InChI=1S/C16H15Cl3N2O2/c1-9-5-12(6-10(2)15(9)19)23-8-20-16(22)21-14-7-11(17)3-4-13(14)18/h3-7H,8H2,1-2H3,(H2,20,21,22). The van der Waals surface area contributed by atoms with E-state index in [4.69, 9.17) is 39.5 Å². The SMILES string of the molecule is Cc1cc(OCNC(=O)Nc2cc(Cl)ccc2Cl)cc(C)c1Cl. The minimum Gasteiger partial charge on any atom is -0.473 e. The molecule has 0 saturated carbocycles. The van der Waals surface area contributed by atoms with E-state index in [1.54, 1.807) is 18.2 Å². The van der Waals surface area contributed by atoms with Crippen LogP contribution in [0.15, 0.2) is 30.3 Å². The summed E-state index contributed by atoms with van der Waals surface area (Å²) in [5, 5.41) is 6.76. The molecule has 0 spiro atoms. The van der Waals surface area contributed by atoms with Gasteiger partial charge in [-0.25, -0.2) is 4.79 Å². The maximum Gasteiger partial charge on any atom is 0.321 e. The lowest BCUT2D eigenvalue weighted by molar-refractivity contribution is 0.234. The molecule has 0 bridgehead atoms. The van der Waals surface area contributed by atoms with Crippen molar-refractivity contribution >= 4 is 46.5 Å². The van der Waals surface area contributed by atoms with Gasteiger partial charge in [-0.05, 0) is 55.3 Å². The highest BCUT2D eigenvalue weighted by Gasteiger charge is 2.07. The number of hydrogen-bond acceptors (Lipinski definition) is 2. The summed E-state index contributed by atoms with van der Waals surface area (Å²) in [6.45, 7) is 3.79. The van der Waals surface area contributed by atoms with E-state index in [1.165, 1.54) is 0 Å². The van der Waals surface area contributed by atoms with Gasteiger partial charge in [-0.3, -0.25) is 0 Å². The van der Waals surface area contributed by atoms with Gasteiger partial charge < -0.3 is 15.4 Å². The largest absolute Gasteiger partial charge is 0.473 e. The first-order chi connectivity index (χ1) is 10.9. The fourth-order valence-corrected chi connectivity index (χ4v) is 2.38. The molecule has 2 aromatic rings. The molecule has 0 fully saturated rings. The smallest absolute Gasteiger partial charge is 0.321 e. The molecule has 0 aliphatic rings. The Morgan fingerprint density at radius 1 is 1.09 bits per heavy atom. The van der Waals surface area contributed by atoms with E-state index in [9.17, 15) is 4.79 Å². The van der Waals surface area contributed by atoms with Crippen LogP contribution in [0.2, 0.25) is 15.1 Å². The van der Waals surface area contributed by atoms with Crippen LogP contribution in [0.4, 0.5) is 10.5 Å². The van der Waals surface area contributed by atoms with Crippen LogP contribution in [0, 0.1) is 13.8 Å². The van der Waals surface area contributed by atoms with E-state index in [2.05, 4.69) is 10.6 Å². The highest BCUT2D eigenvalue weighted by molar-refractivity contribution is 6.35. The van der Waals surface area contributed by atoms with Crippen molar-refractivity contribution in [2.75, 3.05) is 12.0 Å². The number of amides is 2. The van der Waals surface area contributed by atoms with Gasteiger partial charge in [-0.15, -0.1) is 0 Å². The second-order valence-corrected chi connectivity index (χ2v) is 6.14. The van der Waals surface area contributed by atoms with Crippen molar-refractivity contribution in [1.82, 2.24) is 5.32 Å². The van der Waals surface area contributed by atoms with Crippen molar-refractivity contribution in [2.45, 2.75) is 13.8 Å². The second kappa shape index (κ2) is 7.77. The summed E-state index contributed by atoms with van der Waals surface area (Å²) in [5.74, 6) is 0.630. The van der Waals surface area contributed by atoms with Crippen molar-refractivity contribution in [2.24, 2.45) is 0 Å². The number of benzene rings is 2. The zero-order valence-electron chi connectivity index (χ0n) is 12.5. The Morgan fingerprint density at radius 2 is 1.74 bits per heavy atom. The van der Waals surface area contributed by atoms with Gasteiger partial charge in [0, 0.05) is 10.0 Å². The molecule has 0 saturated heterocycles. The third-order valence-electron chi connectivity index (χ3n) is 3.06. The maximum atomic E-state index is 11.8. The van der Waals surface area contributed by atoms with Crippen LogP contribution in [0.1, 0.15) is 11.1 Å². The van der Waals surface area contributed by atoms with Crippen LogP contribution in [0.3, 0.4) is 0 Å². The van der Waals surface area contributed by atoms with Gasteiger partial charge >= 0.3 is 6.03 Å². The Hall–Kier alpha value is -1.62. The van der Waals surface area contributed by atoms with Crippen molar-refractivity contribution in [3.05, 3.63) is 56.5 Å². The summed E-state index contributed by atoms with van der Waals surface area (Å²) in [4.78, 5) is 11.8. The average molecular weight is 374 g/mol. The number of ether oxygens (including phenoxy) is 1. The second-order valence-electron chi connectivity index (χ2n) is 4.91. The number of nitrogens with one attached hydrogen (secondary N) is 2. The van der Waals surface area contributed by atoms with Crippen LogP contribution in [0.25, 0.3) is 0 Å². The lowest BCUT2D eigenvalue weighted by Gasteiger charge is -2.12. The van der Waals surface area contributed by atoms with E-state index in [0.29, 0.717) is 26.5 Å². The molecule has 0 aliphatic carbocycles.